The molecule has 1 saturated carbocycles. The molecule has 0 spiro atoms. The first kappa shape index (κ1) is 23.3. The van der Waals surface area contributed by atoms with Gasteiger partial charge in [0, 0.05) is 23.9 Å². The first-order valence-electron chi connectivity index (χ1n) is 12.0. The summed E-state index contributed by atoms with van der Waals surface area (Å²) in [5, 5.41) is 2.25. The number of benzene rings is 1. The summed E-state index contributed by atoms with van der Waals surface area (Å²) in [6, 6.07) is 10.4. The minimum absolute atomic E-state index is 0.0238. The van der Waals surface area contributed by atoms with Crippen molar-refractivity contribution < 1.29 is 14.4 Å². The Hall–Kier alpha value is -1.39. The van der Waals surface area contributed by atoms with Crippen LogP contribution in [-0.2, 0) is 14.4 Å². The number of carbonyl (C=O) groups excluding carboxylic acids is 1. The maximum Gasteiger partial charge on any atom is 0.309 e. The Morgan fingerprint density at radius 3 is 2.30 bits per heavy atom. The van der Waals surface area contributed by atoms with Gasteiger partial charge in [-0.05, 0) is 52.0 Å². The lowest BCUT2D eigenvalue weighted by Crippen LogP contribution is -2.64. The molecule has 4 heteroatoms. The van der Waals surface area contributed by atoms with Crippen molar-refractivity contribution >= 4 is 5.97 Å². The van der Waals surface area contributed by atoms with Crippen LogP contribution >= 0.6 is 0 Å². The van der Waals surface area contributed by atoms with Gasteiger partial charge in [-0.1, -0.05) is 63.4 Å². The topological polar surface area (TPSA) is 38.8 Å². The number of esters is 1. The summed E-state index contributed by atoms with van der Waals surface area (Å²) in [4.78, 5) is 19.5. The van der Waals surface area contributed by atoms with Crippen LogP contribution in [0.5, 0.6) is 0 Å². The van der Waals surface area contributed by atoms with E-state index in [-0.39, 0.29) is 35.2 Å². The number of hydroxylamine groups is 2. The van der Waals surface area contributed by atoms with Crippen LogP contribution in [-0.4, -0.2) is 28.2 Å². The predicted molar refractivity (Wildman–Crippen MR) is 121 cm³/mol. The van der Waals surface area contributed by atoms with E-state index in [1.165, 1.54) is 12.0 Å². The normalized spacial score (nSPS) is 25.6. The van der Waals surface area contributed by atoms with Gasteiger partial charge in [-0.3, -0.25) is 9.63 Å². The second-order valence-corrected chi connectivity index (χ2v) is 10.00. The summed E-state index contributed by atoms with van der Waals surface area (Å²) in [5.41, 5.74) is 0.827. The van der Waals surface area contributed by atoms with Crippen LogP contribution in [0.1, 0.15) is 104 Å². The number of rotatable bonds is 7. The van der Waals surface area contributed by atoms with Crippen molar-refractivity contribution in [3.8, 4) is 0 Å². The molecule has 30 heavy (non-hydrogen) atoms. The number of hydrogen-bond donors (Lipinski definition) is 0. The molecule has 1 aliphatic carbocycles. The van der Waals surface area contributed by atoms with Crippen LogP contribution in [0.15, 0.2) is 30.3 Å². The number of hydrogen-bond acceptors (Lipinski definition) is 4. The van der Waals surface area contributed by atoms with E-state index in [4.69, 9.17) is 9.57 Å². The van der Waals surface area contributed by atoms with Crippen LogP contribution in [0.2, 0.25) is 0 Å². The molecule has 168 valence electrons. The molecule has 2 atom stereocenters. The van der Waals surface area contributed by atoms with Gasteiger partial charge in [-0.15, -0.1) is 0 Å². The highest BCUT2D eigenvalue weighted by atomic mass is 16.7. The van der Waals surface area contributed by atoms with Crippen LogP contribution in [0.4, 0.5) is 0 Å². The highest BCUT2D eigenvalue weighted by Gasteiger charge is 2.51. The highest BCUT2D eigenvalue weighted by Crippen LogP contribution is 2.45. The first-order chi connectivity index (χ1) is 14.3. The van der Waals surface area contributed by atoms with Gasteiger partial charge in [0.2, 0.25) is 0 Å². The quantitative estimate of drug-likeness (QED) is 0.470. The van der Waals surface area contributed by atoms with E-state index < -0.39 is 0 Å². The monoisotopic (exact) mass is 415 g/mol. The van der Waals surface area contributed by atoms with Crippen LogP contribution < -0.4 is 0 Å². The van der Waals surface area contributed by atoms with Gasteiger partial charge >= 0.3 is 5.97 Å². The SMILES string of the molecule is CCC1(CC)CC(OC(=O)C2CCCCC2)CC(C)(C)N1OC(C)c1ccccc1. The Morgan fingerprint density at radius 1 is 1.07 bits per heavy atom. The standard InChI is InChI=1S/C26H41NO3/c1-6-26(7-2)19-23(29-24(28)22-16-12-9-13-17-22)18-25(4,5)27(26)30-20(3)21-14-10-8-11-15-21/h8,10-11,14-15,20,22-23H,6-7,9,12-13,16-19H2,1-5H3. The van der Waals surface area contributed by atoms with E-state index in [0.29, 0.717) is 0 Å². The molecule has 4 nitrogen and oxygen atoms in total. The number of ether oxygens (including phenoxy) is 1. The van der Waals surface area contributed by atoms with Crippen molar-refractivity contribution in [1.29, 1.82) is 0 Å². The van der Waals surface area contributed by atoms with Crippen molar-refractivity contribution in [3.63, 3.8) is 0 Å². The Balaban J connectivity index is 1.75. The molecule has 1 heterocycles. The largest absolute Gasteiger partial charge is 0.462 e. The molecule has 1 aromatic carbocycles. The van der Waals surface area contributed by atoms with E-state index in [1.807, 2.05) is 6.07 Å². The molecule has 2 unspecified atom stereocenters. The molecule has 0 N–H and O–H groups in total. The van der Waals surface area contributed by atoms with Crippen LogP contribution in [0.25, 0.3) is 0 Å². The fraction of sp³-hybridized carbons (Fsp3) is 0.731. The predicted octanol–water partition coefficient (Wildman–Crippen LogP) is 6.60. The molecule has 2 aliphatic rings. The van der Waals surface area contributed by atoms with Crippen LogP contribution in [0.3, 0.4) is 0 Å². The van der Waals surface area contributed by atoms with Gasteiger partial charge in [0.05, 0.1) is 5.92 Å². The summed E-state index contributed by atoms with van der Waals surface area (Å²) in [7, 11) is 0. The second-order valence-electron chi connectivity index (χ2n) is 10.00. The van der Waals surface area contributed by atoms with Crippen LogP contribution in [0, 0.1) is 5.92 Å². The van der Waals surface area contributed by atoms with Gasteiger partial charge in [0.15, 0.2) is 0 Å². The molecule has 0 bridgehead atoms. The Morgan fingerprint density at radius 2 is 1.70 bits per heavy atom. The molecule has 1 aliphatic heterocycles. The summed E-state index contributed by atoms with van der Waals surface area (Å²) in [6.45, 7) is 11.0. The molecular formula is C26H41NO3. The number of piperidine rings is 1. The van der Waals surface area contributed by atoms with E-state index >= 15 is 0 Å². The summed E-state index contributed by atoms with van der Waals surface area (Å²) < 4.78 is 6.14. The summed E-state index contributed by atoms with van der Waals surface area (Å²) in [5.74, 6) is 0.135. The zero-order chi connectivity index (χ0) is 21.8. The molecule has 1 saturated heterocycles. The van der Waals surface area contributed by atoms with Gasteiger partial charge in [0.25, 0.3) is 0 Å². The van der Waals surface area contributed by atoms with E-state index in [0.717, 1.165) is 51.4 Å². The molecular weight excluding hydrogens is 374 g/mol. The Labute approximate surface area is 183 Å². The molecule has 0 radical (unpaired) electrons. The van der Waals surface area contributed by atoms with Crippen molar-refractivity contribution in [1.82, 2.24) is 5.06 Å². The van der Waals surface area contributed by atoms with Gasteiger partial charge < -0.3 is 4.74 Å². The van der Waals surface area contributed by atoms with Crippen molar-refractivity contribution in [2.45, 2.75) is 116 Å². The molecule has 1 aromatic rings. The number of nitrogens with zero attached hydrogens (tertiary/aromatic N) is 1. The third-order valence-corrected chi connectivity index (χ3v) is 7.39. The average Bonchev–Trinajstić information content (AvgIpc) is 2.76. The van der Waals surface area contributed by atoms with Crippen molar-refractivity contribution in [2.75, 3.05) is 0 Å². The van der Waals surface area contributed by atoms with Gasteiger partial charge in [0.1, 0.15) is 12.2 Å². The van der Waals surface area contributed by atoms with Gasteiger partial charge in [-0.2, -0.15) is 5.06 Å². The summed E-state index contributed by atoms with van der Waals surface area (Å²) >= 11 is 0. The second kappa shape index (κ2) is 9.82. The minimum atomic E-state index is -0.217. The summed E-state index contributed by atoms with van der Waals surface area (Å²) in [6.07, 6.45) is 9.05. The maximum absolute atomic E-state index is 12.8. The van der Waals surface area contributed by atoms with Crippen molar-refractivity contribution in [2.24, 2.45) is 5.92 Å². The zero-order valence-electron chi connectivity index (χ0n) is 19.7. The van der Waals surface area contributed by atoms with E-state index in [1.54, 1.807) is 0 Å². The average molecular weight is 416 g/mol. The molecule has 2 fully saturated rings. The molecule has 0 aromatic heterocycles. The number of carbonyl (C=O) groups is 1. The third kappa shape index (κ3) is 5.08. The lowest BCUT2D eigenvalue weighted by Gasteiger charge is -2.56. The first-order valence-corrected chi connectivity index (χ1v) is 12.0. The fourth-order valence-corrected chi connectivity index (χ4v) is 5.57. The smallest absolute Gasteiger partial charge is 0.309 e. The zero-order valence-corrected chi connectivity index (χ0v) is 19.7. The minimum Gasteiger partial charge on any atom is -0.462 e. The van der Waals surface area contributed by atoms with E-state index in [9.17, 15) is 4.79 Å². The maximum atomic E-state index is 12.8. The molecule has 0 amide bonds. The van der Waals surface area contributed by atoms with E-state index in [2.05, 4.69) is 63.9 Å². The van der Waals surface area contributed by atoms with Crippen molar-refractivity contribution in [3.05, 3.63) is 35.9 Å². The lowest BCUT2D eigenvalue weighted by atomic mass is 9.75. The third-order valence-electron chi connectivity index (χ3n) is 7.39. The Bertz CT molecular complexity index is 677. The Kier molecular flexibility index (Phi) is 7.62. The fourth-order valence-electron chi connectivity index (χ4n) is 5.57. The highest BCUT2D eigenvalue weighted by molar-refractivity contribution is 5.72. The van der Waals surface area contributed by atoms with Gasteiger partial charge in [-0.25, -0.2) is 0 Å². The molecule has 3 rings (SSSR count). The lowest BCUT2D eigenvalue weighted by molar-refractivity contribution is -0.323.